The molecule has 1 nitrogen and oxygen atoms in total. The van der Waals surface area contributed by atoms with Crippen LogP contribution < -0.4 is 0 Å². The molecule has 2 aliphatic rings. The molecule has 0 N–H and O–H groups in total. The molecule has 3 heterocycles. The molecule has 0 saturated carbocycles. The Morgan fingerprint density at radius 3 is 2.50 bits per heavy atom. The zero-order valence-electron chi connectivity index (χ0n) is 14.1. The molecule has 5 rings (SSSR count). The molecule has 0 aliphatic heterocycles. The molecule has 3 heteroatoms. The highest BCUT2D eigenvalue weighted by atomic mass is 32.1. The van der Waals surface area contributed by atoms with Crippen LogP contribution in [0.2, 0.25) is 0 Å². The maximum atomic E-state index is 5.22. The topological polar surface area (TPSA) is 12.9 Å². The highest BCUT2D eigenvalue weighted by Gasteiger charge is 2.25. The van der Waals surface area contributed by atoms with Gasteiger partial charge in [0, 0.05) is 26.4 Å². The Morgan fingerprint density at radius 1 is 0.833 bits per heavy atom. The Labute approximate surface area is 151 Å². The fourth-order valence-electron chi connectivity index (χ4n) is 4.49. The lowest BCUT2D eigenvalue weighted by atomic mass is 9.88. The average molecular weight is 354 g/mol. The predicted molar refractivity (Wildman–Crippen MR) is 105 cm³/mol. The zero-order valence-corrected chi connectivity index (χ0v) is 15.7. The number of rotatable bonds is 1. The van der Waals surface area contributed by atoms with Gasteiger partial charge in [0.1, 0.15) is 4.83 Å². The van der Waals surface area contributed by atoms with E-state index in [-0.39, 0.29) is 0 Å². The summed E-state index contributed by atoms with van der Waals surface area (Å²) in [6.07, 6.45) is 13.0. The van der Waals surface area contributed by atoms with Gasteiger partial charge in [-0.25, -0.2) is 4.98 Å². The second-order valence-corrected chi connectivity index (χ2v) is 9.23. The molecule has 2 aliphatic carbocycles. The van der Waals surface area contributed by atoms with E-state index in [4.69, 9.17) is 4.98 Å². The summed E-state index contributed by atoms with van der Waals surface area (Å²) in [6, 6.07) is 4.53. The number of aryl methyl sites for hydroxylation is 3. The lowest BCUT2D eigenvalue weighted by molar-refractivity contribution is 0.611. The summed E-state index contributed by atoms with van der Waals surface area (Å²) in [4.78, 5) is 9.63. The molecule has 0 unspecified atom stereocenters. The Bertz CT molecular complexity index is 873. The standard InChI is InChI=1S/C21H23NS2/c1-2-4-10-16-14(8-3-1)19(18-12-7-13-23-18)20-15-9-5-6-11-17(15)24-21(20)22-16/h7,12-13H,1-6,8-11H2. The third-order valence-corrected chi connectivity index (χ3v) is 7.72. The molecule has 0 fully saturated rings. The minimum atomic E-state index is 1.17. The summed E-state index contributed by atoms with van der Waals surface area (Å²) < 4.78 is 0. The first-order valence-corrected chi connectivity index (χ1v) is 11.1. The highest BCUT2D eigenvalue weighted by Crippen LogP contribution is 2.45. The van der Waals surface area contributed by atoms with Gasteiger partial charge in [0.25, 0.3) is 0 Å². The Kier molecular flexibility index (Phi) is 3.94. The van der Waals surface area contributed by atoms with Crippen LogP contribution in [-0.2, 0) is 25.7 Å². The molecule has 0 atom stereocenters. The molecule has 0 spiro atoms. The van der Waals surface area contributed by atoms with Gasteiger partial charge in [-0.05, 0) is 73.9 Å². The van der Waals surface area contributed by atoms with Crippen LogP contribution in [-0.4, -0.2) is 4.98 Å². The van der Waals surface area contributed by atoms with Gasteiger partial charge in [-0.15, -0.1) is 22.7 Å². The monoisotopic (exact) mass is 353 g/mol. The van der Waals surface area contributed by atoms with Gasteiger partial charge >= 0.3 is 0 Å². The average Bonchev–Trinajstić information content (AvgIpc) is 3.22. The van der Waals surface area contributed by atoms with Crippen molar-refractivity contribution in [2.75, 3.05) is 0 Å². The molecule has 3 aromatic heterocycles. The number of hydrogen-bond donors (Lipinski definition) is 0. The van der Waals surface area contributed by atoms with Crippen LogP contribution >= 0.6 is 22.7 Å². The molecule has 0 aromatic carbocycles. The third-order valence-electron chi connectivity index (χ3n) is 5.65. The zero-order chi connectivity index (χ0) is 15.9. The molecule has 124 valence electrons. The highest BCUT2D eigenvalue weighted by molar-refractivity contribution is 7.19. The Balaban J connectivity index is 1.84. The summed E-state index contributed by atoms with van der Waals surface area (Å²) in [5.41, 5.74) is 6.19. The van der Waals surface area contributed by atoms with Gasteiger partial charge in [0.2, 0.25) is 0 Å². The van der Waals surface area contributed by atoms with Crippen molar-refractivity contribution in [2.45, 2.75) is 64.2 Å². The number of pyridine rings is 1. The van der Waals surface area contributed by atoms with Crippen molar-refractivity contribution in [3.05, 3.63) is 39.2 Å². The second kappa shape index (κ2) is 6.27. The normalized spacial score (nSPS) is 18.0. The van der Waals surface area contributed by atoms with Crippen LogP contribution in [0.5, 0.6) is 0 Å². The first kappa shape index (κ1) is 15.1. The van der Waals surface area contributed by atoms with Crippen molar-refractivity contribution < 1.29 is 0 Å². The molecule has 3 aromatic rings. The quantitative estimate of drug-likeness (QED) is 0.482. The number of nitrogens with zero attached hydrogens (tertiary/aromatic N) is 1. The molecular formula is C21H23NS2. The summed E-state index contributed by atoms with van der Waals surface area (Å²) in [5, 5.41) is 3.76. The van der Waals surface area contributed by atoms with E-state index >= 15 is 0 Å². The molecule has 24 heavy (non-hydrogen) atoms. The van der Waals surface area contributed by atoms with Gasteiger partial charge in [-0.2, -0.15) is 0 Å². The van der Waals surface area contributed by atoms with Crippen molar-refractivity contribution in [2.24, 2.45) is 0 Å². The molecular weight excluding hydrogens is 330 g/mol. The van der Waals surface area contributed by atoms with E-state index in [1.807, 2.05) is 22.7 Å². The van der Waals surface area contributed by atoms with Crippen LogP contribution in [0.4, 0.5) is 0 Å². The minimum Gasteiger partial charge on any atom is -0.242 e. The fraction of sp³-hybridized carbons (Fsp3) is 0.476. The number of aromatic nitrogens is 1. The molecule has 0 amide bonds. The van der Waals surface area contributed by atoms with Crippen molar-refractivity contribution in [1.82, 2.24) is 4.98 Å². The summed E-state index contributed by atoms with van der Waals surface area (Å²) in [6.45, 7) is 0. The molecule has 0 radical (unpaired) electrons. The van der Waals surface area contributed by atoms with Crippen molar-refractivity contribution in [3.63, 3.8) is 0 Å². The minimum absolute atomic E-state index is 1.17. The Hall–Kier alpha value is -1.19. The van der Waals surface area contributed by atoms with Crippen LogP contribution in [0.15, 0.2) is 17.5 Å². The van der Waals surface area contributed by atoms with Gasteiger partial charge in [-0.3, -0.25) is 0 Å². The van der Waals surface area contributed by atoms with E-state index in [0.29, 0.717) is 0 Å². The lowest BCUT2D eigenvalue weighted by Crippen LogP contribution is -2.06. The van der Waals surface area contributed by atoms with Crippen LogP contribution in [0.25, 0.3) is 20.7 Å². The molecule has 0 bridgehead atoms. The van der Waals surface area contributed by atoms with E-state index in [9.17, 15) is 0 Å². The van der Waals surface area contributed by atoms with Gasteiger partial charge in [0.15, 0.2) is 0 Å². The van der Waals surface area contributed by atoms with Crippen LogP contribution in [0.3, 0.4) is 0 Å². The van der Waals surface area contributed by atoms with E-state index in [1.165, 1.54) is 85.0 Å². The Morgan fingerprint density at radius 2 is 1.62 bits per heavy atom. The smallest absolute Gasteiger partial charge is 0.124 e. The van der Waals surface area contributed by atoms with Gasteiger partial charge in [0.05, 0.1) is 0 Å². The van der Waals surface area contributed by atoms with Gasteiger partial charge < -0.3 is 0 Å². The van der Waals surface area contributed by atoms with E-state index in [0.717, 1.165) is 0 Å². The van der Waals surface area contributed by atoms with E-state index in [1.54, 1.807) is 21.6 Å². The summed E-state index contributed by atoms with van der Waals surface area (Å²) in [5.74, 6) is 0. The largest absolute Gasteiger partial charge is 0.242 e. The van der Waals surface area contributed by atoms with Crippen LogP contribution in [0, 0.1) is 0 Å². The van der Waals surface area contributed by atoms with E-state index < -0.39 is 0 Å². The predicted octanol–water partition coefficient (Wildman–Crippen LogP) is 6.56. The van der Waals surface area contributed by atoms with E-state index in [2.05, 4.69) is 17.5 Å². The first-order valence-electron chi connectivity index (χ1n) is 9.41. The van der Waals surface area contributed by atoms with Crippen LogP contribution in [0.1, 0.15) is 60.2 Å². The lowest BCUT2D eigenvalue weighted by Gasteiger charge is -2.19. The van der Waals surface area contributed by atoms with Crippen molar-refractivity contribution >= 4 is 32.9 Å². The maximum Gasteiger partial charge on any atom is 0.124 e. The maximum absolute atomic E-state index is 5.22. The van der Waals surface area contributed by atoms with Gasteiger partial charge in [-0.1, -0.05) is 18.9 Å². The number of hydrogen-bond acceptors (Lipinski definition) is 3. The third kappa shape index (κ3) is 2.44. The second-order valence-electron chi connectivity index (χ2n) is 7.19. The fourth-order valence-corrected chi connectivity index (χ4v) is 6.58. The molecule has 0 saturated heterocycles. The summed E-state index contributed by atoms with van der Waals surface area (Å²) in [7, 11) is 0. The first-order chi connectivity index (χ1) is 11.9. The number of fused-ring (bicyclic) bond motifs is 4. The van der Waals surface area contributed by atoms with Crippen molar-refractivity contribution in [3.8, 4) is 10.4 Å². The summed E-state index contributed by atoms with van der Waals surface area (Å²) >= 11 is 3.90. The SMILES string of the molecule is c1csc(-c2c3c(nc4sc5c(c24)CCCC5)CCCCCC3)c1. The van der Waals surface area contributed by atoms with Crippen molar-refractivity contribution in [1.29, 1.82) is 0 Å². The number of thiophene rings is 2.